The number of thiazole rings is 1. The molecule has 0 radical (unpaired) electrons. The van der Waals surface area contributed by atoms with Crippen LogP contribution in [0.3, 0.4) is 0 Å². The topological polar surface area (TPSA) is 56.3 Å². The van der Waals surface area contributed by atoms with Gasteiger partial charge in [0, 0.05) is 16.9 Å². The van der Waals surface area contributed by atoms with E-state index in [0.717, 1.165) is 0 Å². The lowest BCUT2D eigenvalue weighted by atomic mass is 10.2. The quantitative estimate of drug-likeness (QED) is 0.628. The van der Waals surface area contributed by atoms with Gasteiger partial charge in [-0.25, -0.2) is 14.2 Å². The summed E-state index contributed by atoms with van der Waals surface area (Å²) in [5, 5.41) is 0.560. The lowest BCUT2D eigenvalue weighted by molar-refractivity contribution is -0.107. The Kier molecular flexibility index (Phi) is 4.57. The van der Waals surface area contributed by atoms with E-state index < -0.39 is 5.97 Å². The van der Waals surface area contributed by atoms with E-state index in [1.54, 1.807) is 19.1 Å². The summed E-state index contributed by atoms with van der Waals surface area (Å²) in [5.41, 5.74) is 0.849. The highest BCUT2D eigenvalue weighted by Gasteiger charge is 2.19. The third-order valence-electron chi connectivity index (χ3n) is 2.53. The van der Waals surface area contributed by atoms with Crippen molar-refractivity contribution >= 4 is 23.6 Å². The van der Waals surface area contributed by atoms with Crippen molar-refractivity contribution in [3.05, 3.63) is 40.7 Å². The second-order valence-corrected chi connectivity index (χ2v) is 4.97. The molecule has 0 unspecified atom stereocenters. The molecule has 1 aromatic heterocycles. The summed E-state index contributed by atoms with van der Waals surface area (Å²) < 4.78 is 17.8. The Balaban J connectivity index is 2.40. The SMILES string of the molecule is CCOC(=O)c1nc(-c2ccc(F)cc2)sc1CC=O. The van der Waals surface area contributed by atoms with Crippen molar-refractivity contribution in [2.45, 2.75) is 13.3 Å². The monoisotopic (exact) mass is 293 g/mol. The van der Waals surface area contributed by atoms with Crippen LogP contribution < -0.4 is 0 Å². The third kappa shape index (κ3) is 3.08. The van der Waals surface area contributed by atoms with Crippen molar-refractivity contribution in [2.24, 2.45) is 0 Å². The highest BCUT2D eigenvalue weighted by molar-refractivity contribution is 7.15. The highest BCUT2D eigenvalue weighted by atomic mass is 32.1. The first-order chi connectivity index (χ1) is 9.65. The number of ether oxygens (including phenoxy) is 1. The molecule has 6 heteroatoms. The van der Waals surface area contributed by atoms with Gasteiger partial charge in [-0.15, -0.1) is 11.3 Å². The van der Waals surface area contributed by atoms with Gasteiger partial charge >= 0.3 is 5.97 Å². The summed E-state index contributed by atoms with van der Waals surface area (Å²) in [4.78, 5) is 27.2. The standard InChI is InChI=1S/C14H12FNO3S/c1-2-19-14(18)12-11(7-8-17)20-13(16-12)9-3-5-10(15)6-4-9/h3-6,8H,2,7H2,1H3. The van der Waals surface area contributed by atoms with Crippen LogP contribution in [0.5, 0.6) is 0 Å². The Labute approximate surface area is 119 Å². The van der Waals surface area contributed by atoms with Crippen molar-refractivity contribution in [1.29, 1.82) is 0 Å². The third-order valence-corrected chi connectivity index (χ3v) is 3.65. The first-order valence-electron chi connectivity index (χ1n) is 6.02. The molecule has 0 N–H and O–H groups in total. The maximum atomic E-state index is 12.9. The predicted molar refractivity (Wildman–Crippen MR) is 73.2 cm³/mol. The average molecular weight is 293 g/mol. The molecule has 0 saturated heterocycles. The normalized spacial score (nSPS) is 10.3. The minimum absolute atomic E-state index is 0.104. The minimum atomic E-state index is -0.547. The number of esters is 1. The summed E-state index contributed by atoms with van der Waals surface area (Å²) in [6.45, 7) is 1.94. The number of hydrogen-bond acceptors (Lipinski definition) is 5. The molecule has 0 fully saturated rings. The molecule has 1 aromatic carbocycles. The van der Waals surface area contributed by atoms with Crippen molar-refractivity contribution in [2.75, 3.05) is 6.61 Å². The van der Waals surface area contributed by atoms with Crippen LogP contribution in [0.15, 0.2) is 24.3 Å². The zero-order chi connectivity index (χ0) is 14.5. The second kappa shape index (κ2) is 6.38. The molecular formula is C14H12FNO3S. The molecule has 4 nitrogen and oxygen atoms in total. The lowest BCUT2D eigenvalue weighted by Gasteiger charge is -1.99. The number of carbonyl (C=O) groups is 2. The molecule has 20 heavy (non-hydrogen) atoms. The van der Waals surface area contributed by atoms with E-state index in [4.69, 9.17) is 4.74 Å². The van der Waals surface area contributed by atoms with E-state index in [2.05, 4.69) is 4.98 Å². The molecule has 104 valence electrons. The molecule has 0 amide bonds. The van der Waals surface area contributed by atoms with Crippen LogP contribution in [-0.4, -0.2) is 23.8 Å². The molecule has 0 aliphatic carbocycles. The zero-order valence-electron chi connectivity index (χ0n) is 10.8. The largest absolute Gasteiger partial charge is 0.461 e. The molecule has 0 aliphatic rings. The van der Waals surface area contributed by atoms with E-state index in [1.807, 2.05) is 0 Å². The Hall–Kier alpha value is -2.08. The lowest BCUT2D eigenvalue weighted by Crippen LogP contribution is -2.07. The Morgan fingerprint density at radius 1 is 1.40 bits per heavy atom. The van der Waals surface area contributed by atoms with Gasteiger partial charge in [0.15, 0.2) is 5.69 Å². The number of halogens is 1. The van der Waals surface area contributed by atoms with Crippen LogP contribution in [0, 0.1) is 5.82 Å². The van der Waals surface area contributed by atoms with Gasteiger partial charge in [-0.3, -0.25) is 0 Å². The predicted octanol–water partition coefficient (Wildman–Crippen LogP) is 2.87. The summed E-state index contributed by atoms with van der Waals surface area (Å²) in [6.07, 6.45) is 0.817. The maximum absolute atomic E-state index is 12.9. The smallest absolute Gasteiger partial charge is 0.358 e. The van der Waals surface area contributed by atoms with Crippen LogP contribution in [-0.2, 0) is 16.0 Å². The maximum Gasteiger partial charge on any atom is 0.358 e. The van der Waals surface area contributed by atoms with E-state index in [0.29, 0.717) is 21.7 Å². The fraction of sp³-hybridized carbons (Fsp3) is 0.214. The molecule has 0 saturated carbocycles. The van der Waals surface area contributed by atoms with Crippen LogP contribution in [0.2, 0.25) is 0 Å². The Morgan fingerprint density at radius 2 is 2.10 bits per heavy atom. The van der Waals surface area contributed by atoms with Gasteiger partial charge in [0.25, 0.3) is 0 Å². The van der Waals surface area contributed by atoms with Crippen molar-refractivity contribution in [3.63, 3.8) is 0 Å². The summed E-state index contributed by atoms with van der Waals surface area (Å²) in [6, 6.07) is 5.79. The fourth-order valence-corrected chi connectivity index (χ4v) is 2.64. The van der Waals surface area contributed by atoms with Gasteiger partial charge < -0.3 is 9.53 Å². The number of aromatic nitrogens is 1. The van der Waals surface area contributed by atoms with E-state index in [1.165, 1.54) is 23.5 Å². The molecular weight excluding hydrogens is 281 g/mol. The van der Waals surface area contributed by atoms with Crippen LogP contribution >= 0.6 is 11.3 Å². The van der Waals surface area contributed by atoms with Gasteiger partial charge in [0.1, 0.15) is 17.1 Å². The molecule has 0 spiro atoms. The number of benzene rings is 1. The van der Waals surface area contributed by atoms with Gasteiger partial charge in [-0.05, 0) is 31.2 Å². The van der Waals surface area contributed by atoms with E-state index in [-0.39, 0.29) is 24.5 Å². The van der Waals surface area contributed by atoms with Crippen molar-refractivity contribution in [1.82, 2.24) is 4.98 Å². The number of rotatable bonds is 5. The Morgan fingerprint density at radius 3 is 2.70 bits per heavy atom. The average Bonchev–Trinajstić information content (AvgIpc) is 2.84. The van der Waals surface area contributed by atoms with Gasteiger partial charge in [-0.1, -0.05) is 0 Å². The highest BCUT2D eigenvalue weighted by Crippen LogP contribution is 2.29. The molecule has 2 aromatic rings. The van der Waals surface area contributed by atoms with Gasteiger partial charge in [0.05, 0.1) is 6.61 Å². The van der Waals surface area contributed by atoms with Crippen LogP contribution in [0.25, 0.3) is 10.6 Å². The molecule has 2 rings (SSSR count). The Bertz CT molecular complexity index is 622. The number of carbonyl (C=O) groups excluding carboxylic acids is 2. The van der Waals surface area contributed by atoms with Crippen LogP contribution in [0.1, 0.15) is 22.3 Å². The first kappa shape index (κ1) is 14.3. The minimum Gasteiger partial charge on any atom is -0.461 e. The second-order valence-electron chi connectivity index (χ2n) is 3.89. The summed E-state index contributed by atoms with van der Waals surface area (Å²) in [5.74, 6) is -0.891. The van der Waals surface area contributed by atoms with E-state index in [9.17, 15) is 14.0 Å². The number of nitrogens with zero attached hydrogens (tertiary/aromatic N) is 1. The summed E-state index contributed by atoms with van der Waals surface area (Å²) >= 11 is 1.23. The van der Waals surface area contributed by atoms with Crippen molar-refractivity contribution < 1.29 is 18.7 Å². The molecule has 0 atom stereocenters. The van der Waals surface area contributed by atoms with Gasteiger partial charge in [-0.2, -0.15) is 0 Å². The van der Waals surface area contributed by atoms with Crippen LogP contribution in [0.4, 0.5) is 4.39 Å². The van der Waals surface area contributed by atoms with Crippen molar-refractivity contribution in [3.8, 4) is 10.6 Å². The summed E-state index contributed by atoms with van der Waals surface area (Å²) in [7, 11) is 0. The molecule has 1 heterocycles. The fourth-order valence-electron chi connectivity index (χ4n) is 1.64. The number of aldehydes is 1. The first-order valence-corrected chi connectivity index (χ1v) is 6.83. The van der Waals surface area contributed by atoms with Gasteiger partial charge in [0.2, 0.25) is 0 Å². The molecule has 0 aliphatic heterocycles. The van der Waals surface area contributed by atoms with E-state index >= 15 is 0 Å². The zero-order valence-corrected chi connectivity index (χ0v) is 11.6. The molecule has 0 bridgehead atoms. The number of hydrogen-bond donors (Lipinski definition) is 0.